The zero-order valence-corrected chi connectivity index (χ0v) is 7.95. The van der Waals surface area contributed by atoms with Gasteiger partial charge in [-0.3, -0.25) is 0 Å². The van der Waals surface area contributed by atoms with Gasteiger partial charge in [-0.25, -0.2) is 19.4 Å². The summed E-state index contributed by atoms with van der Waals surface area (Å²) in [5.74, 6) is -0.499. The third-order valence-corrected chi connectivity index (χ3v) is 1.89. The van der Waals surface area contributed by atoms with Crippen LogP contribution in [0.2, 0.25) is 0 Å². The molecule has 0 aliphatic heterocycles. The first-order chi connectivity index (χ1) is 7.18. The molecule has 0 aromatic carbocycles. The van der Waals surface area contributed by atoms with Crippen LogP contribution < -0.4 is 0 Å². The molecule has 2 aromatic heterocycles. The Morgan fingerprint density at radius 3 is 2.87 bits per heavy atom. The van der Waals surface area contributed by atoms with E-state index in [0.717, 1.165) is 0 Å². The van der Waals surface area contributed by atoms with E-state index < -0.39 is 5.97 Å². The summed E-state index contributed by atoms with van der Waals surface area (Å²) in [7, 11) is 0. The predicted octanol–water partition coefficient (Wildman–Crippen LogP) is 0.669. The summed E-state index contributed by atoms with van der Waals surface area (Å²) in [5, 5.41) is 12.7. The average Bonchev–Trinajstić information content (AvgIpc) is 2.62. The highest BCUT2D eigenvalue weighted by atomic mass is 16.4. The lowest BCUT2D eigenvalue weighted by atomic mass is 10.4. The van der Waals surface area contributed by atoms with E-state index in [9.17, 15) is 4.79 Å². The largest absolute Gasteiger partial charge is 0.476 e. The fraction of sp³-hybridized carbons (Fsp3) is 0.111. The van der Waals surface area contributed by atoms with Crippen LogP contribution in [0.1, 0.15) is 16.2 Å². The Hall–Kier alpha value is -2.24. The second kappa shape index (κ2) is 3.49. The van der Waals surface area contributed by atoms with Crippen molar-refractivity contribution in [2.24, 2.45) is 0 Å². The number of nitrogens with zero attached hydrogens (tertiary/aromatic N) is 4. The van der Waals surface area contributed by atoms with Crippen LogP contribution in [0.5, 0.6) is 0 Å². The molecule has 76 valence electrons. The van der Waals surface area contributed by atoms with Crippen molar-refractivity contribution in [3.8, 4) is 5.82 Å². The molecule has 6 nitrogen and oxygen atoms in total. The molecule has 0 bridgehead atoms. The van der Waals surface area contributed by atoms with Crippen LogP contribution in [0.4, 0.5) is 0 Å². The summed E-state index contributed by atoms with van der Waals surface area (Å²) in [6, 6.07) is 3.15. The lowest BCUT2D eigenvalue weighted by Gasteiger charge is -2.00. The van der Waals surface area contributed by atoms with Crippen LogP contribution in [0.15, 0.2) is 24.7 Å². The van der Waals surface area contributed by atoms with Crippen LogP contribution in [0, 0.1) is 6.92 Å². The second-order valence-electron chi connectivity index (χ2n) is 2.96. The number of aryl methyl sites for hydroxylation is 1. The fourth-order valence-corrected chi connectivity index (χ4v) is 1.22. The quantitative estimate of drug-likeness (QED) is 0.777. The molecule has 0 aliphatic carbocycles. The van der Waals surface area contributed by atoms with Gasteiger partial charge in [0.1, 0.15) is 6.33 Å². The Morgan fingerprint density at radius 2 is 2.33 bits per heavy atom. The number of aromatic nitrogens is 4. The molecule has 0 radical (unpaired) electrons. The minimum absolute atomic E-state index is 0.00566. The number of carbonyl (C=O) groups is 1. The van der Waals surface area contributed by atoms with E-state index in [1.54, 1.807) is 19.2 Å². The molecule has 0 amide bonds. The van der Waals surface area contributed by atoms with Gasteiger partial charge < -0.3 is 5.11 Å². The van der Waals surface area contributed by atoms with Crippen molar-refractivity contribution in [2.75, 3.05) is 0 Å². The van der Waals surface area contributed by atoms with Crippen molar-refractivity contribution in [3.05, 3.63) is 36.0 Å². The number of carboxylic acid groups (broad SMARTS) is 1. The Morgan fingerprint density at radius 1 is 1.53 bits per heavy atom. The molecule has 0 atom stereocenters. The normalized spacial score (nSPS) is 10.2. The molecule has 0 spiro atoms. The van der Waals surface area contributed by atoms with E-state index in [-0.39, 0.29) is 5.69 Å². The molecule has 0 saturated heterocycles. The Labute approximate surface area is 85.2 Å². The molecular weight excluding hydrogens is 196 g/mol. The van der Waals surface area contributed by atoms with Crippen LogP contribution >= 0.6 is 0 Å². The Bertz CT molecular complexity index is 492. The topological polar surface area (TPSA) is 80.9 Å². The predicted molar refractivity (Wildman–Crippen MR) is 50.9 cm³/mol. The third kappa shape index (κ3) is 1.69. The summed E-state index contributed by atoms with van der Waals surface area (Å²) in [4.78, 5) is 18.4. The lowest BCUT2D eigenvalue weighted by Crippen LogP contribution is -2.03. The van der Waals surface area contributed by atoms with Crippen molar-refractivity contribution >= 4 is 5.97 Å². The standard InChI is InChI=1S/C9H8N4O2/c1-6-4-7(9(14)15)12-13(6)8-2-3-10-5-11-8/h2-5H,1H3,(H,14,15). The monoisotopic (exact) mass is 204 g/mol. The molecule has 6 heteroatoms. The van der Waals surface area contributed by atoms with E-state index >= 15 is 0 Å². The van der Waals surface area contributed by atoms with Crippen molar-refractivity contribution in [1.29, 1.82) is 0 Å². The number of hydrogen-bond acceptors (Lipinski definition) is 4. The van der Waals surface area contributed by atoms with Crippen molar-refractivity contribution in [2.45, 2.75) is 6.92 Å². The maximum Gasteiger partial charge on any atom is 0.356 e. The first-order valence-corrected chi connectivity index (χ1v) is 4.25. The first-order valence-electron chi connectivity index (χ1n) is 4.25. The minimum atomic E-state index is -1.05. The zero-order valence-electron chi connectivity index (χ0n) is 7.95. The van der Waals surface area contributed by atoms with Gasteiger partial charge >= 0.3 is 5.97 Å². The van der Waals surface area contributed by atoms with Gasteiger partial charge in [0.05, 0.1) is 0 Å². The summed E-state index contributed by atoms with van der Waals surface area (Å²) in [6.45, 7) is 1.77. The van der Waals surface area contributed by atoms with Crippen molar-refractivity contribution in [1.82, 2.24) is 19.7 Å². The third-order valence-electron chi connectivity index (χ3n) is 1.89. The fourth-order valence-electron chi connectivity index (χ4n) is 1.22. The summed E-state index contributed by atoms with van der Waals surface area (Å²) in [5.41, 5.74) is 0.720. The minimum Gasteiger partial charge on any atom is -0.476 e. The summed E-state index contributed by atoms with van der Waals surface area (Å²) < 4.78 is 1.46. The molecule has 2 rings (SSSR count). The van der Waals surface area contributed by atoms with E-state index in [1.165, 1.54) is 17.1 Å². The highest BCUT2D eigenvalue weighted by molar-refractivity contribution is 5.85. The number of hydrogen-bond donors (Lipinski definition) is 1. The SMILES string of the molecule is Cc1cc(C(=O)O)nn1-c1ccncn1. The van der Waals surface area contributed by atoms with Gasteiger partial charge in [0.25, 0.3) is 0 Å². The van der Waals surface area contributed by atoms with Crippen LogP contribution in [0.3, 0.4) is 0 Å². The molecule has 2 aromatic rings. The van der Waals surface area contributed by atoms with Crippen molar-refractivity contribution < 1.29 is 9.90 Å². The molecular formula is C9H8N4O2. The van der Waals surface area contributed by atoms with E-state index in [4.69, 9.17) is 5.11 Å². The maximum absolute atomic E-state index is 10.7. The van der Waals surface area contributed by atoms with Gasteiger partial charge in [-0.2, -0.15) is 5.10 Å². The summed E-state index contributed by atoms with van der Waals surface area (Å²) in [6.07, 6.45) is 2.96. The van der Waals surface area contributed by atoms with Gasteiger partial charge in [0.2, 0.25) is 0 Å². The van der Waals surface area contributed by atoms with Gasteiger partial charge in [-0.15, -0.1) is 0 Å². The Balaban J connectivity index is 2.50. The van der Waals surface area contributed by atoms with Gasteiger partial charge in [0, 0.05) is 18.0 Å². The maximum atomic E-state index is 10.7. The lowest BCUT2D eigenvalue weighted by molar-refractivity contribution is 0.0690. The summed E-state index contributed by atoms with van der Waals surface area (Å²) >= 11 is 0. The second-order valence-corrected chi connectivity index (χ2v) is 2.96. The van der Waals surface area contributed by atoms with Gasteiger partial charge in [-0.05, 0) is 13.0 Å². The Kier molecular flexibility index (Phi) is 2.17. The smallest absolute Gasteiger partial charge is 0.356 e. The molecule has 0 unspecified atom stereocenters. The van der Waals surface area contributed by atoms with Gasteiger partial charge in [-0.1, -0.05) is 0 Å². The molecule has 1 N–H and O–H groups in total. The molecule has 0 saturated carbocycles. The van der Waals surface area contributed by atoms with E-state index in [1.807, 2.05) is 0 Å². The van der Waals surface area contributed by atoms with E-state index in [0.29, 0.717) is 11.5 Å². The number of rotatable bonds is 2. The molecule has 0 aliphatic rings. The average molecular weight is 204 g/mol. The van der Waals surface area contributed by atoms with Crippen LogP contribution in [-0.4, -0.2) is 30.8 Å². The molecule has 2 heterocycles. The van der Waals surface area contributed by atoms with E-state index in [2.05, 4.69) is 15.1 Å². The highest BCUT2D eigenvalue weighted by Crippen LogP contribution is 2.08. The number of aromatic carboxylic acids is 1. The highest BCUT2D eigenvalue weighted by Gasteiger charge is 2.11. The first kappa shape index (κ1) is 9.32. The van der Waals surface area contributed by atoms with Crippen LogP contribution in [0.25, 0.3) is 5.82 Å². The molecule has 0 fully saturated rings. The van der Waals surface area contributed by atoms with Crippen molar-refractivity contribution in [3.63, 3.8) is 0 Å². The van der Waals surface area contributed by atoms with Gasteiger partial charge in [0.15, 0.2) is 11.5 Å². The van der Waals surface area contributed by atoms with Crippen LogP contribution in [-0.2, 0) is 0 Å². The molecule has 15 heavy (non-hydrogen) atoms. The zero-order chi connectivity index (χ0) is 10.8. The number of carboxylic acids is 1.